The highest BCUT2D eigenvalue weighted by molar-refractivity contribution is 7.89. The quantitative estimate of drug-likeness (QED) is 0.704. The molecule has 0 spiro atoms. The molecule has 0 aliphatic carbocycles. The first-order chi connectivity index (χ1) is 13.6. The van der Waals surface area contributed by atoms with Gasteiger partial charge in [0.25, 0.3) is 0 Å². The number of hydrogen-bond donors (Lipinski definition) is 1. The molecular weight excluding hydrogens is 412 g/mol. The van der Waals surface area contributed by atoms with Crippen LogP contribution in [0.25, 0.3) is 0 Å². The van der Waals surface area contributed by atoms with Crippen LogP contribution in [0.3, 0.4) is 0 Å². The summed E-state index contributed by atoms with van der Waals surface area (Å²) in [6, 6.07) is 8.99. The molecule has 0 amide bonds. The van der Waals surface area contributed by atoms with E-state index in [9.17, 15) is 16.8 Å². The van der Waals surface area contributed by atoms with E-state index < -0.39 is 20.0 Å². The summed E-state index contributed by atoms with van der Waals surface area (Å²) in [4.78, 5) is 0.255. The minimum absolute atomic E-state index is 0.0682. The lowest BCUT2D eigenvalue weighted by Crippen LogP contribution is -2.44. The Kier molecular flexibility index (Phi) is 6.47. The van der Waals surface area contributed by atoms with E-state index >= 15 is 0 Å². The topological polar surface area (TPSA) is 101 Å². The lowest BCUT2D eigenvalue weighted by atomic mass is 10.0. The Balaban J connectivity index is 1.66. The molecule has 1 aliphatic heterocycles. The van der Waals surface area contributed by atoms with E-state index in [1.165, 1.54) is 4.31 Å². The van der Waals surface area contributed by atoms with Crippen LogP contribution < -0.4 is 4.72 Å². The zero-order valence-corrected chi connectivity index (χ0v) is 18.6. The molecule has 1 aliphatic rings. The Hall–Kier alpha value is -1.75. The third kappa shape index (κ3) is 5.06. The molecule has 0 unspecified atom stereocenters. The molecule has 10 heteroatoms. The number of rotatable bonds is 7. The maximum Gasteiger partial charge on any atom is 0.246 e. The minimum Gasteiger partial charge on any atom is -0.271 e. The summed E-state index contributed by atoms with van der Waals surface area (Å²) in [7, 11) is -5.42. The first kappa shape index (κ1) is 21.9. The fourth-order valence-electron chi connectivity index (χ4n) is 3.76. The molecule has 1 aromatic carbocycles. The van der Waals surface area contributed by atoms with Gasteiger partial charge in [-0.05, 0) is 38.2 Å². The molecule has 2 aromatic rings. The number of benzene rings is 1. The molecule has 1 N–H and O–H groups in total. The third-order valence-electron chi connectivity index (χ3n) is 5.31. The van der Waals surface area contributed by atoms with Crippen LogP contribution in [-0.2, 0) is 32.8 Å². The van der Waals surface area contributed by atoms with Crippen LogP contribution in [0, 0.1) is 19.8 Å². The monoisotopic (exact) mass is 440 g/mol. The van der Waals surface area contributed by atoms with E-state index in [4.69, 9.17) is 0 Å². The van der Waals surface area contributed by atoms with Gasteiger partial charge in [0.05, 0.1) is 17.1 Å². The van der Waals surface area contributed by atoms with Gasteiger partial charge in [-0.3, -0.25) is 4.68 Å². The number of hydrogen-bond acceptors (Lipinski definition) is 5. The standard InChI is InChI=1S/C19H28N4O4S2/c1-15-19(16(2)22(3)21-15)29(26,27)23-11-7-10-18(13-23)12-20-28(24,25)14-17-8-5-4-6-9-17/h4-6,8-9,18,20H,7,10-14H2,1-3H3/t18-/m0/s1. The van der Waals surface area contributed by atoms with Gasteiger partial charge in [-0.25, -0.2) is 21.6 Å². The first-order valence-corrected chi connectivity index (χ1v) is 12.7. The van der Waals surface area contributed by atoms with Crippen LogP contribution in [0.4, 0.5) is 0 Å². The van der Waals surface area contributed by atoms with Crippen molar-refractivity contribution in [2.24, 2.45) is 13.0 Å². The Bertz CT molecular complexity index is 1060. The van der Waals surface area contributed by atoms with Gasteiger partial charge in [0.15, 0.2) is 0 Å². The molecular formula is C19H28N4O4S2. The van der Waals surface area contributed by atoms with Crippen molar-refractivity contribution >= 4 is 20.0 Å². The fraction of sp³-hybridized carbons (Fsp3) is 0.526. The zero-order valence-electron chi connectivity index (χ0n) is 17.0. The highest BCUT2D eigenvalue weighted by atomic mass is 32.2. The van der Waals surface area contributed by atoms with Crippen molar-refractivity contribution in [1.29, 1.82) is 0 Å². The first-order valence-electron chi connectivity index (χ1n) is 9.62. The predicted octanol–water partition coefficient (Wildman–Crippen LogP) is 1.56. The maximum absolute atomic E-state index is 13.2. The predicted molar refractivity (Wildman–Crippen MR) is 111 cm³/mol. The average Bonchev–Trinajstić information content (AvgIpc) is 2.93. The van der Waals surface area contributed by atoms with E-state index in [0.717, 1.165) is 12.0 Å². The minimum atomic E-state index is -3.67. The molecule has 1 saturated heterocycles. The van der Waals surface area contributed by atoms with Gasteiger partial charge in [-0.1, -0.05) is 30.3 Å². The summed E-state index contributed by atoms with van der Waals surface area (Å²) < 4.78 is 56.8. The second kappa shape index (κ2) is 8.55. The zero-order chi connectivity index (χ0) is 21.2. The van der Waals surface area contributed by atoms with Gasteiger partial charge in [-0.15, -0.1) is 0 Å². The van der Waals surface area contributed by atoms with Gasteiger partial charge in [0, 0.05) is 26.7 Å². The molecule has 160 valence electrons. The summed E-state index contributed by atoms with van der Waals surface area (Å²) in [5.74, 6) is -0.155. The summed E-state index contributed by atoms with van der Waals surface area (Å²) in [5, 5.41) is 4.22. The molecule has 1 aromatic heterocycles. The highest BCUT2D eigenvalue weighted by Crippen LogP contribution is 2.27. The van der Waals surface area contributed by atoms with Crippen molar-refractivity contribution in [3.8, 4) is 0 Å². The average molecular weight is 441 g/mol. The normalized spacial score (nSPS) is 18.8. The highest BCUT2D eigenvalue weighted by Gasteiger charge is 2.34. The van der Waals surface area contributed by atoms with Crippen molar-refractivity contribution in [1.82, 2.24) is 18.8 Å². The Morgan fingerprint density at radius 1 is 1.14 bits per heavy atom. The molecule has 0 radical (unpaired) electrons. The molecule has 29 heavy (non-hydrogen) atoms. The molecule has 3 rings (SSSR count). The molecule has 8 nitrogen and oxygen atoms in total. The summed E-state index contributed by atoms with van der Waals surface area (Å²) >= 11 is 0. The van der Waals surface area contributed by atoms with Gasteiger partial charge in [0.1, 0.15) is 4.90 Å². The Morgan fingerprint density at radius 2 is 1.83 bits per heavy atom. The van der Waals surface area contributed by atoms with E-state index in [1.54, 1.807) is 49.8 Å². The lowest BCUT2D eigenvalue weighted by Gasteiger charge is -2.32. The second-order valence-electron chi connectivity index (χ2n) is 7.59. The SMILES string of the molecule is Cc1nn(C)c(C)c1S(=O)(=O)N1CCC[C@@H](CNS(=O)(=O)Cc2ccccc2)C1. The van der Waals surface area contributed by atoms with Crippen LogP contribution in [0.1, 0.15) is 29.8 Å². The largest absolute Gasteiger partial charge is 0.271 e. The van der Waals surface area contributed by atoms with E-state index in [0.29, 0.717) is 30.9 Å². The van der Waals surface area contributed by atoms with E-state index in [2.05, 4.69) is 9.82 Å². The van der Waals surface area contributed by atoms with Gasteiger partial charge in [0.2, 0.25) is 20.0 Å². The number of sulfonamides is 2. The summed E-state index contributed by atoms with van der Waals surface area (Å²) in [5.41, 5.74) is 1.80. The molecule has 0 bridgehead atoms. The van der Waals surface area contributed by atoms with Crippen LogP contribution >= 0.6 is 0 Å². The van der Waals surface area contributed by atoms with Gasteiger partial charge >= 0.3 is 0 Å². The van der Waals surface area contributed by atoms with Crippen LogP contribution in [0.15, 0.2) is 35.2 Å². The van der Waals surface area contributed by atoms with Gasteiger partial charge < -0.3 is 0 Å². The van der Waals surface area contributed by atoms with Crippen molar-refractivity contribution in [2.45, 2.75) is 37.3 Å². The van der Waals surface area contributed by atoms with Crippen molar-refractivity contribution in [3.63, 3.8) is 0 Å². The van der Waals surface area contributed by atoms with E-state index in [1.807, 2.05) is 6.07 Å². The Labute approximate surface area is 173 Å². The number of piperidine rings is 1. The number of nitrogens with zero attached hydrogens (tertiary/aromatic N) is 3. The third-order valence-corrected chi connectivity index (χ3v) is 8.75. The van der Waals surface area contributed by atoms with Crippen molar-refractivity contribution < 1.29 is 16.8 Å². The van der Waals surface area contributed by atoms with Gasteiger partial charge in [-0.2, -0.15) is 9.40 Å². The maximum atomic E-state index is 13.2. The van der Waals surface area contributed by atoms with Crippen molar-refractivity contribution in [2.75, 3.05) is 19.6 Å². The fourth-order valence-corrected chi connectivity index (χ4v) is 6.94. The van der Waals surface area contributed by atoms with Crippen LogP contribution in [0.2, 0.25) is 0 Å². The molecule has 2 heterocycles. The lowest BCUT2D eigenvalue weighted by molar-refractivity contribution is 0.267. The van der Waals surface area contributed by atoms with E-state index in [-0.39, 0.29) is 23.1 Å². The Morgan fingerprint density at radius 3 is 2.45 bits per heavy atom. The molecule has 1 fully saturated rings. The summed E-state index contributed by atoms with van der Waals surface area (Å²) in [6.07, 6.45) is 1.48. The van der Waals surface area contributed by atoms with Crippen molar-refractivity contribution in [3.05, 3.63) is 47.3 Å². The molecule has 1 atom stereocenters. The van der Waals surface area contributed by atoms with Crippen LogP contribution in [-0.4, -0.2) is 50.6 Å². The summed E-state index contributed by atoms with van der Waals surface area (Å²) in [6.45, 7) is 4.39. The number of nitrogens with one attached hydrogen (secondary N) is 1. The molecule has 0 saturated carbocycles. The second-order valence-corrected chi connectivity index (χ2v) is 11.3. The van der Waals surface area contributed by atoms with Crippen LogP contribution in [0.5, 0.6) is 0 Å². The number of aryl methyl sites for hydroxylation is 2. The smallest absolute Gasteiger partial charge is 0.246 e. The number of aromatic nitrogens is 2.